The van der Waals surface area contributed by atoms with Crippen LogP contribution in [0, 0.1) is 10.1 Å². The van der Waals surface area contributed by atoms with Crippen molar-refractivity contribution in [3.8, 4) is 0 Å². The van der Waals surface area contributed by atoms with Crippen molar-refractivity contribution >= 4 is 0 Å². The first-order valence-electron chi connectivity index (χ1n) is 11.9. The highest BCUT2D eigenvalue weighted by atomic mass is 16.7. The van der Waals surface area contributed by atoms with Crippen LogP contribution in [0.25, 0.3) is 0 Å². The Bertz CT molecular complexity index is 1050. The van der Waals surface area contributed by atoms with Gasteiger partial charge in [-0.15, -0.1) is 0 Å². The van der Waals surface area contributed by atoms with E-state index >= 15 is 0 Å². The van der Waals surface area contributed by atoms with Gasteiger partial charge in [-0.1, -0.05) is 91.0 Å². The fourth-order valence-corrected chi connectivity index (χ4v) is 4.23. The highest BCUT2D eigenvalue weighted by Crippen LogP contribution is 2.31. The Labute approximate surface area is 210 Å². The minimum Gasteiger partial charge on any atom is -0.368 e. The lowest BCUT2D eigenvalue weighted by Crippen LogP contribution is -2.62. The lowest BCUT2D eigenvalue weighted by atomic mass is 9.97. The van der Waals surface area contributed by atoms with Gasteiger partial charge in [0, 0.05) is 12.0 Å². The molecular weight excluding hydrogens is 462 g/mol. The fraction of sp³-hybridized carbons (Fsp3) is 0.357. The maximum atomic E-state index is 11.5. The Kier molecular flexibility index (Phi) is 9.54. The summed E-state index contributed by atoms with van der Waals surface area (Å²) in [7, 11) is 1.49. The van der Waals surface area contributed by atoms with E-state index in [1.165, 1.54) is 7.11 Å². The minimum atomic E-state index is -0.883. The maximum Gasteiger partial charge on any atom is 0.232 e. The molecule has 0 amide bonds. The molecule has 0 unspecified atom stereocenters. The number of hydrogen-bond acceptors (Lipinski definition) is 7. The van der Waals surface area contributed by atoms with E-state index in [1.54, 1.807) is 0 Å². The second-order valence-corrected chi connectivity index (χ2v) is 8.58. The molecule has 0 aliphatic carbocycles. The summed E-state index contributed by atoms with van der Waals surface area (Å²) < 4.78 is 30.6. The van der Waals surface area contributed by atoms with Gasteiger partial charge in [-0.2, -0.15) is 0 Å². The van der Waals surface area contributed by atoms with Gasteiger partial charge in [0.05, 0.1) is 19.8 Å². The summed E-state index contributed by atoms with van der Waals surface area (Å²) in [5.74, 6) is 0. The second kappa shape index (κ2) is 13.2. The molecular formula is C28H31NO7. The molecule has 8 nitrogen and oxygen atoms in total. The van der Waals surface area contributed by atoms with Crippen LogP contribution >= 0.6 is 0 Å². The molecule has 3 aromatic carbocycles. The van der Waals surface area contributed by atoms with Crippen LogP contribution < -0.4 is 0 Å². The van der Waals surface area contributed by atoms with Crippen molar-refractivity contribution in [1.82, 2.24) is 0 Å². The molecule has 4 rings (SSSR count). The molecule has 0 bridgehead atoms. The van der Waals surface area contributed by atoms with E-state index in [1.807, 2.05) is 91.0 Å². The van der Waals surface area contributed by atoms with E-state index < -0.39 is 42.2 Å². The maximum absolute atomic E-state index is 11.5. The lowest BCUT2D eigenvalue weighted by molar-refractivity contribution is -0.503. The van der Waals surface area contributed by atoms with Crippen LogP contribution in [0.2, 0.25) is 0 Å². The summed E-state index contributed by atoms with van der Waals surface area (Å²) in [6, 6.07) is 29.1. The number of ether oxygens (including phenoxy) is 5. The van der Waals surface area contributed by atoms with Crippen LogP contribution in [0.1, 0.15) is 16.7 Å². The van der Waals surface area contributed by atoms with Crippen molar-refractivity contribution < 1.29 is 28.6 Å². The Morgan fingerprint density at radius 2 is 1.11 bits per heavy atom. The molecule has 3 aromatic rings. The summed E-state index contributed by atoms with van der Waals surface area (Å²) in [5.41, 5.74) is 2.88. The first-order chi connectivity index (χ1) is 17.6. The SMILES string of the molecule is CO[C@H]1O[C@H](C[N+](=O)[O-])[C@@H](OCc2ccccc2)[C@H](OCc2ccccc2)[C@H]1OCc1ccccc1. The summed E-state index contributed by atoms with van der Waals surface area (Å²) in [5, 5.41) is 11.5. The Balaban J connectivity index is 1.60. The van der Waals surface area contributed by atoms with Gasteiger partial charge < -0.3 is 23.7 Å². The molecule has 0 aromatic heterocycles. The molecule has 0 radical (unpaired) electrons. The third-order valence-electron chi connectivity index (χ3n) is 6.01. The van der Waals surface area contributed by atoms with Crippen molar-refractivity contribution in [2.45, 2.75) is 50.5 Å². The van der Waals surface area contributed by atoms with Gasteiger partial charge in [-0.25, -0.2) is 0 Å². The zero-order valence-corrected chi connectivity index (χ0v) is 20.2. The summed E-state index contributed by atoms with van der Waals surface area (Å²) in [6.07, 6.45) is -3.86. The lowest BCUT2D eigenvalue weighted by Gasteiger charge is -2.44. The van der Waals surface area contributed by atoms with E-state index in [9.17, 15) is 10.1 Å². The quantitative estimate of drug-likeness (QED) is 0.273. The number of nitrogens with zero attached hydrogens (tertiary/aromatic N) is 1. The van der Waals surface area contributed by atoms with Crippen molar-refractivity contribution in [3.05, 3.63) is 118 Å². The van der Waals surface area contributed by atoms with Gasteiger partial charge in [-0.05, 0) is 16.7 Å². The summed E-state index contributed by atoms with van der Waals surface area (Å²) in [4.78, 5) is 11.1. The largest absolute Gasteiger partial charge is 0.368 e. The van der Waals surface area contributed by atoms with Crippen molar-refractivity contribution in [2.24, 2.45) is 0 Å². The van der Waals surface area contributed by atoms with E-state index in [2.05, 4.69) is 0 Å². The second-order valence-electron chi connectivity index (χ2n) is 8.58. The molecule has 190 valence electrons. The molecule has 1 fully saturated rings. The number of rotatable bonds is 12. The van der Waals surface area contributed by atoms with Gasteiger partial charge in [0.25, 0.3) is 0 Å². The van der Waals surface area contributed by atoms with E-state index in [0.717, 1.165) is 16.7 Å². The van der Waals surface area contributed by atoms with Crippen LogP contribution in [-0.2, 0) is 43.5 Å². The zero-order chi connectivity index (χ0) is 25.2. The molecule has 1 saturated heterocycles. The van der Waals surface area contributed by atoms with Crippen LogP contribution in [0.3, 0.4) is 0 Å². The molecule has 0 N–H and O–H groups in total. The van der Waals surface area contributed by atoms with Crippen LogP contribution in [0.5, 0.6) is 0 Å². The smallest absolute Gasteiger partial charge is 0.232 e. The molecule has 8 heteroatoms. The van der Waals surface area contributed by atoms with Gasteiger partial charge in [0.2, 0.25) is 6.54 Å². The zero-order valence-electron chi connectivity index (χ0n) is 20.2. The summed E-state index contributed by atoms with van der Waals surface area (Å²) in [6.45, 7) is 0.377. The van der Waals surface area contributed by atoms with Crippen molar-refractivity contribution in [1.29, 1.82) is 0 Å². The molecule has 1 aliphatic heterocycles. The highest BCUT2D eigenvalue weighted by Gasteiger charge is 2.50. The Morgan fingerprint density at radius 1 is 0.694 bits per heavy atom. The minimum absolute atomic E-state index is 0.247. The molecule has 5 atom stereocenters. The van der Waals surface area contributed by atoms with E-state index in [-0.39, 0.29) is 13.2 Å². The predicted molar refractivity (Wildman–Crippen MR) is 133 cm³/mol. The molecule has 1 aliphatic rings. The first kappa shape index (κ1) is 25.9. The van der Waals surface area contributed by atoms with Gasteiger partial charge in [0.15, 0.2) is 12.4 Å². The number of nitro groups is 1. The molecule has 36 heavy (non-hydrogen) atoms. The number of hydrogen-bond donors (Lipinski definition) is 0. The Hall–Kier alpha value is -3.14. The molecule has 0 saturated carbocycles. The number of benzene rings is 3. The van der Waals surface area contributed by atoms with Gasteiger partial charge in [0.1, 0.15) is 18.3 Å². The van der Waals surface area contributed by atoms with Crippen molar-refractivity contribution in [2.75, 3.05) is 13.7 Å². The van der Waals surface area contributed by atoms with E-state index in [4.69, 9.17) is 23.7 Å². The summed E-state index contributed by atoms with van der Waals surface area (Å²) >= 11 is 0. The average molecular weight is 494 g/mol. The van der Waals surface area contributed by atoms with Crippen LogP contribution in [0.4, 0.5) is 0 Å². The number of methoxy groups -OCH3 is 1. The third kappa shape index (κ3) is 7.19. The van der Waals surface area contributed by atoms with Gasteiger partial charge >= 0.3 is 0 Å². The average Bonchev–Trinajstić information content (AvgIpc) is 2.91. The molecule has 0 spiro atoms. The fourth-order valence-electron chi connectivity index (χ4n) is 4.23. The third-order valence-corrected chi connectivity index (χ3v) is 6.01. The monoisotopic (exact) mass is 493 g/mol. The normalized spacial score (nSPS) is 23.9. The van der Waals surface area contributed by atoms with E-state index in [0.29, 0.717) is 6.61 Å². The highest BCUT2D eigenvalue weighted by molar-refractivity contribution is 5.15. The Morgan fingerprint density at radius 3 is 1.53 bits per heavy atom. The topological polar surface area (TPSA) is 89.3 Å². The standard InChI is InChI=1S/C28H31NO7/c1-32-28-27(35-20-23-15-9-4-10-16-23)26(34-19-22-13-7-3-8-14-22)25(24(36-28)17-29(30)31)33-18-21-11-5-2-6-12-21/h2-16,24-28H,17-20H2,1H3/t24-,25-,26+,27-,28+/m1/s1. The first-order valence-corrected chi connectivity index (χ1v) is 11.9. The van der Waals surface area contributed by atoms with Crippen LogP contribution in [0.15, 0.2) is 91.0 Å². The van der Waals surface area contributed by atoms with Crippen LogP contribution in [-0.4, -0.2) is 49.3 Å². The van der Waals surface area contributed by atoms with Gasteiger partial charge in [-0.3, -0.25) is 10.1 Å². The van der Waals surface area contributed by atoms with Crippen molar-refractivity contribution in [3.63, 3.8) is 0 Å². The molecule has 1 heterocycles. The predicted octanol–water partition coefficient (Wildman–Crippen LogP) is 4.39.